The van der Waals surface area contributed by atoms with Crippen molar-refractivity contribution in [3.05, 3.63) is 26.7 Å². The maximum absolute atomic E-state index is 12.6. The van der Waals surface area contributed by atoms with Crippen molar-refractivity contribution in [2.75, 3.05) is 19.0 Å². The van der Waals surface area contributed by atoms with Crippen LogP contribution >= 0.6 is 11.8 Å². The fourth-order valence-corrected chi connectivity index (χ4v) is 3.25. The summed E-state index contributed by atoms with van der Waals surface area (Å²) in [5, 5.41) is 1.03. The second kappa shape index (κ2) is 8.43. The molecule has 0 amide bonds. The van der Waals surface area contributed by atoms with E-state index in [2.05, 4.69) is 16.9 Å². The monoisotopic (exact) mass is 352 g/mol. The average Bonchev–Trinajstić information content (AvgIpc) is 2.59. The molecule has 132 valence electrons. The quantitative estimate of drug-likeness (QED) is 0.407. The molecule has 0 saturated carbocycles. The standard InChI is InChI=1S/C16H24N4O3S/c1-5-7-8-11-17-13-12(14(18-11)24-10-9-23-6-2)15(21)20(4)16(22)19(13)3/h5-10H2,1-4H3. The molecule has 0 aliphatic rings. The van der Waals surface area contributed by atoms with Crippen molar-refractivity contribution in [2.24, 2.45) is 14.1 Å². The van der Waals surface area contributed by atoms with Crippen molar-refractivity contribution in [1.82, 2.24) is 19.1 Å². The predicted molar refractivity (Wildman–Crippen MR) is 95.8 cm³/mol. The molecular formula is C16H24N4O3S. The summed E-state index contributed by atoms with van der Waals surface area (Å²) in [6, 6.07) is 0. The summed E-state index contributed by atoms with van der Waals surface area (Å²) in [6.07, 6.45) is 2.73. The van der Waals surface area contributed by atoms with Gasteiger partial charge in [-0.2, -0.15) is 0 Å². The lowest BCUT2D eigenvalue weighted by Crippen LogP contribution is -2.37. The van der Waals surface area contributed by atoms with E-state index in [1.54, 1.807) is 7.05 Å². The van der Waals surface area contributed by atoms with Crippen molar-refractivity contribution >= 4 is 22.8 Å². The molecule has 0 fully saturated rings. The number of fused-ring (bicyclic) bond motifs is 1. The van der Waals surface area contributed by atoms with E-state index in [0.29, 0.717) is 40.9 Å². The van der Waals surface area contributed by atoms with E-state index in [1.165, 1.54) is 23.4 Å². The lowest BCUT2D eigenvalue weighted by Gasteiger charge is -2.11. The number of hydrogen-bond acceptors (Lipinski definition) is 6. The minimum absolute atomic E-state index is 0.353. The van der Waals surface area contributed by atoms with Gasteiger partial charge in [0.05, 0.1) is 6.61 Å². The Labute approximate surface area is 145 Å². The first-order valence-electron chi connectivity index (χ1n) is 8.18. The smallest absolute Gasteiger partial charge is 0.332 e. The molecule has 0 N–H and O–H groups in total. The number of hydrogen-bond donors (Lipinski definition) is 0. The normalized spacial score (nSPS) is 11.3. The van der Waals surface area contributed by atoms with Gasteiger partial charge in [-0.15, -0.1) is 11.8 Å². The van der Waals surface area contributed by atoms with E-state index in [4.69, 9.17) is 4.74 Å². The number of nitrogens with zero attached hydrogens (tertiary/aromatic N) is 4. The highest BCUT2D eigenvalue weighted by molar-refractivity contribution is 7.99. The van der Waals surface area contributed by atoms with Crippen LogP contribution in [-0.2, 0) is 25.3 Å². The molecule has 2 heterocycles. The third-order valence-corrected chi connectivity index (χ3v) is 4.68. The molecule has 0 aliphatic carbocycles. The lowest BCUT2D eigenvalue weighted by molar-refractivity contribution is 0.164. The predicted octanol–water partition coefficient (Wildman–Crippen LogP) is 1.50. The molecule has 0 atom stereocenters. The Morgan fingerprint density at radius 3 is 2.54 bits per heavy atom. The Hall–Kier alpha value is -1.67. The van der Waals surface area contributed by atoms with Gasteiger partial charge in [0.1, 0.15) is 16.2 Å². The van der Waals surface area contributed by atoms with E-state index < -0.39 is 0 Å². The van der Waals surface area contributed by atoms with Crippen molar-refractivity contribution < 1.29 is 4.74 Å². The third-order valence-electron chi connectivity index (χ3n) is 3.74. The zero-order valence-electron chi connectivity index (χ0n) is 14.7. The molecule has 2 aromatic rings. The van der Waals surface area contributed by atoms with Crippen LogP contribution in [0.25, 0.3) is 11.0 Å². The maximum atomic E-state index is 12.6. The first-order valence-corrected chi connectivity index (χ1v) is 9.17. The highest BCUT2D eigenvalue weighted by Gasteiger charge is 2.17. The highest BCUT2D eigenvalue weighted by atomic mass is 32.2. The fourth-order valence-electron chi connectivity index (χ4n) is 2.36. The SMILES string of the molecule is CCCCc1nc(SCCOCC)c2c(=O)n(C)c(=O)n(C)c2n1. The van der Waals surface area contributed by atoms with E-state index in [9.17, 15) is 9.59 Å². The Bertz CT molecular complexity index is 829. The number of ether oxygens (including phenoxy) is 1. The summed E-state index contributed by atoms with van der Waals surface area (Å²) < 4.78 is 7.87. The van der Waals surface area contributed by atoms with Crippen LogP contribution in [-0.4, -0.2) is 38.1 Å². The van der Waals surface area contributed by atoms with Gasteiger partial charge in [-0.05, 0) is 13.3 Å². The Morgan fingerprint density at radius 2 is 1.88 bits per heavy atom. The van der Waals surface area contributed by atoms with E-state index in [-0.39, 0.29) is 11.2 Å². The van der Waals surface area contributed by atoms with Crippen LogP contribution in [0, 0.1) is 0 Å². The van der Waals surface area contributed by atoms with E-state index in [0.717, 1.165) is 23.8 Å². The number of thioether (sulfide) groups is 1. The van der Waals surface area contributed by atoms with Gasteiger partial charge in [-0.25, -0.2) is 14.8 Å². The molecular weight excluding hydrogens is 328 g/mol. The largest absolute Gasteiger partial charge is 0.381 e. The molecule has 0 radical (unpaired) electrons. The number of aromatic nitrogens is 4. The molecule has 7 nitrogen and oxygen atoms in total. The summed E-state index contributed by atoms with van der Waals surface area (Å²) in [5.41, 5.74) is -0.324. The van der Waals surface area contributed by atoms with Gasteiger partial charge in [0.2, 0.25) is 0 Å². The van der Waals surface area contributed by atoms with Gasteiger partial charge in [0.25, 0.3) is 5.56 Å². The van der Waals surface area contributed by atoms with Crippen molar-refractivity contribution in [3.8, 4) is 0 Å². The minimum Gasteiger partial charge on any atom is -0.381 e. The molecule has 0 unspecified atom stereocenters. The summed E-state index contributed by atoms with van der Waals surface area (Å²) in [7, 11) is 3.11. The van der Waals surface area contributed by atoms with E-state index >= 15 is 0 Å². The third kappa shape index (κ3) is 3.87. The highest BCUT2D eigenvalue weighted by Crippen LogP contribution is 2.22. The van der Waals surface area contributed by atoms with Crippen LogP contribution < -0.4 is 11.2 Å². The zero-order valence-corrected chi connectivity index (χ0v) is 15.5. The Kier molecular flexibility index (Phi) is 6.56. The molecule has 0 bridgehead atoms. The molecule has 8 heteroatoms. The lowest BCUT2D eigenvalue weighted by atomic mass is 10.2. The molecule has 0 aliphatic heterocycles. The number of aryl methyl sites for hydroxylation is 2. The van der Waals surface area contributed by atoms with Gasteiger partial charge in [-0.3, -0.25) is 13.9 Å². The van der Waals surface area contributed by atoms with Gasteiger partial charge < -0.3 is 4.74 Å². The van der Waals surface area contributed by atoms with Crippen LogP contribution in [0.1, 0.15) is 32.5 Å². The Balaban J connectivity index is 2.58. The molecule has 2 rings (SSSR count). The molecule has 0 saturated heterocycles. The fraction of sp³-hybridized carbons (Fsp3) is 0.625. The van der Waals surface area contributed by atoms with Crippen LogP contribution in [0.2, 0.25) is 0 Å². The van der Waals surface area contributed by atoms with Gasteiger partial charge in [-0.1, -0.05) is 13.3 Å². The first kappa shape index (κ1) is 18.7. The summed E-state index contributed by atoms with van der Waals surface area (Å²) in [6.45, 7) is 5.29. The maximum Gasteiger partial charge on any atom is 0.332 e. The number of rotatable bonds is 8. The topological polar surface area (TPSA) is 79.0 Å². The summed E-state index contributed by atoms with van der Waals surface area (Å²) in [5.74, 6) is 1.37. The van der Waals surface area contributed by atoms with Gasteiger partial charge in [0, 0.05) is 32.9 Å². The average molecular weight is 352 g/mol. The zero-order chi connectivity index (χ0) is 17.7. The number of unbranched alkanes of at least 4 members (excludes halogenated alkanes) is 1. The van der Waals surface area contributed by atoms with Crippen LogP contribution in [0.3, 0.4) is 0 Å². The van der Waals surface area contributed by atoms with Crippen molar-refractivity contribution in [1.29, 1.82) is 0 Å². The molecule has 24 heavy (non-hydrogen) atoms. The molecule has 2 aromatic heterocycles. The van der Waals surface area contributed by atoms with Crippen LogP contribution in [0.15, 0.2) is 14.6 Å². The van der Waals surface area contributed by atoms with Crippen molar-refractivity contribution in [3.63, 3.8) is 0 Å². The minimum atomic E-state index is -0.377. The summed E-state index contributed by atoms with van der Waals surface area (Å²) in [4.78, 5) is 33.8. The second-order valence-corrected chi connectivity index (χ2v) is 6.58. The van der Waals surface area contributed by atoms with Gasteiger partial charge >= 0.3 is 5.69 Å². The Morgan fingerprint density at radius 1 is 1.12 bits per heavy atom. The molecule has 0 aromatic carbocycles. The second-order valence-electron chi connectivity index (χ2n) is 5.50. The first-order chi connectivity index (χ1) is 11.5. The van der Waals surface area contributed by atoms with Crippen molar-refractivity contribution in [2.45, 2.75) is 38.1 Å². The molecule has 0 spiro atoms. The summed E-state index contributed by atoms with van der Waals surface area (Å²) >= 11 is 1.47. The van der Waals surface area contributed by atoms with Gasteiger partial charge in [0.15, 0.2) is 5.65 Å². The van der Waals surface area contributed by atoms with E-state index in [1.807, 2.05) is 6.92 Å². The van der Waals surface area contributed by atoms with Crippen LogP contribution in [0.5, 0.6) is 0 Å². The van der Waals surface area contributed by atoms with Crippen LogP contribution in [0.4, 0.5) is 0 Å².